The molecule has 0 saturated carbocycles. The topological polar surface area (TPSA) is 79.6 Å². The van der Waals surface area contributed by atoms with Crippen LogP contribution < -0.4 is 9.47 Å². The standard InChI is InChI=1S/C22H20N2O4S2/c1-27-18-12-15-9-10-24(30(25,26)21-8-4-3-6-16(21)14-23)22(20-7-5-11-29-20)17(15)13-19(18)28-2/h3-8,11-13,22H,9-10H2,1-2H3/t22-/m0/s1. The second-order valence-electron chi connectivity index (χ2n) is 6.80. The molecule has 0 bridgehead atoms. The molecule has 3 aromatic rings. The molecule has 0 radical (unpaired) electrons. The molecule has 30 heavy (non-hydrogen) atoms. The van der Waals surface area contributed by atoms with Gasteiger partial charge in [-0.3, -0.25) is 0 Å². The van der Waals surface area contributed by atoms with Gasteiger partial charge in [-0.05, 0) is 53.3 Å². The van der Waals surface area contributed by atoms with E-state index in [2.05, 4.69) is 0 Å². The van der Waals surface area contributed by atoms with Gasteiger partial charge in [0.25, 0.3) is 0 Å². The number of rotatable bonds is 5. The zero-order chi connectivity index (χ0) is 21.3. The van der Waals surface area contributed by atoms with Gasteiger partial charge >= 0.3 is 0 Å². The van der Waals surface area contributed by atoms with E-state index in [-0.39, 0.29) is 10.5 Å². The minimum Gasteiger partial charge on any atom is -0.493 e. The van der Waals surface area contributed by atoms with Crippen molar-refractivity contribution in [2.75, 3.05) is 20.8 Å². The number of methoxy groups -OCH3 is 2. The Balaban J connectivity index is 1.91. The van der Waals surface area contributed by atoms with Crippen molar-refractivity contribution < 1.29 is 17.9 Å². The van der Waals surface area contributed by atoms with Crippen molar-refractivity contribution in [1.82, 2.24) is 4.31 Å². The number of ether oxygens (including phenoxy) is 2. The summed E-state index contributed by atoms with van der Waals surface area (Å²) in [6, 6.07) is 15.4. The molecule has 8 heteroatoms. The van der Waals surface area contributed by atoms with Crippen LogP contribution in [-0.4, -0.2) is 33.5 Å². The maximum Gasteiger partial charge on any atom is 0.245 e. The van der Waals surface area contributed by atoms with Gasteiger partial charge in [-0.25, -0.2) is 8.42 Å². The summed E-state index contributed by atoms with van der Waals surface area (Å²) in [5.74, 6) is 1.17. The van der Waals surface area contributed by atoms with E-state index >= 15 is 0 Å². The Morgan fingerprint density at radius 1 is 1.10 bits per heavy atom. The van der Waals surface area contributed by atoms with Crippen LogP contribution in [0.2, 0.25) is 0 Å². The quantitative estimate of drug-likeness (QED) is 0.600. The first-order valence-corrected chi connectivity index (χ1v) is 11.6. The molecule has 2 heterocycles. The van der Waals surface area contributed by atoms with Gasteiger partial charge in [-0.15, -0.1) is 11.3 Å². The van der Waals surface area contributed by atoms with Crippen LogP contribution in [0.15, 0.2) is 58.8 Å². The molecular weight excluding hydrogens is 420 g/mol. The predicted molar refractivity (Wildman–Crippen MR) is 114 cm³/mol. The van der Waals surface area contributed by atoms with Gasteiger partial charge in [0.15, 0.2) is 11.5 Å². The monoisotopic (exact) mass is 440 g/mol. The molecule has 0 unspecified atom stereocenters. The molecule has 0 N–H and O–H groups in total. The summed E-state index contributed by atoms with van der Waals surface area (Å²) in [5.41, 5.74) is 2.02. The molecule has 154 valence electrons. The molecule has 0 aliphatic carbocycles. The Hall–Kier alpha value is -2.86. The van der Waals surface area contributed by atoms with Crippen LogP contribution >= 0.6 is 11.3 Å². The van der Waals surface area contributed by atoms with Crippen LogP contribution in [0, 0.1) is 11.3 Å². The highest BCUT2D eigenvalue weighted by Crippen LogP contribution is 2.44. The Labute approximate surface area is 180 Å². The number of fused-ring (bicyclic) bond motifs is 1. The fraction of sp³-hybridized carbons (Fsp3) is 0.227. The van der Waals surface area contributed by atoms with Crippen LogP contribution in [0.1, 0.15) is 27.6 Å². The van der Waals surface area contributed by atoms with Gasteiger partial charge in [0, 0.05) is 11.4 Å². The van der Waals surface area contributed by atoms with E-state index in [0.29, 0.717) is 24.5 Å². The van der Waals surface area contributed by atoms with E-state index < -0.39 is 16.1 Å². The Bertz CT molecular complexity index is 1210. The number of nitrogens with zero attached hydrogens (tertiary/aromatic N) is 2. The van der Waals surface area contributed by atoms with Crippen LogP contribution in [0.5, 0.6) is 11.5 Å². The molecule has 2 aromatic carbocycles. The highest BCUT2D eigenvalue weighted by molar-refractivity contribution is 7.89. The van der Waals surface area contributed by atoms with Crippen molar-refractivity contribution in [2.24, 2.45) is 0 Å². The summed E-state index contributed by atoms with van der Waals surface area (Å²) < 4.78 is 39.8. The average molecular weight is 441 g/mol. The third-order valence-corrected chi connectivity index (χ3v) is 8.08. The van der Waals surface area contributed by atoms with Gasteiger partial charge in [-0.1, -0.05) is 18.2 Å². The van der Waals surface area contributed by atoms with Crippen molar-refractivity contribution in [1.29, 1.82) is 5.26 Å². The molecule has 6 nitrogen and oxygen atoms in total. The molecule has 1 aliphatic heterocycles. The lowest BCUT2D eigenvalue weighted by molar-refractivity contribution is 0.334. The SMILES string of the molecule is COc1cc2c(cc1OC)[C@@H](c1cccs1)N(S(=O)(=O)c1ccccc1C#N)CC2. The maximum atomic E-state index is 13.7. The zero-order valence-corrected chi connectivity index (χ0v) is 18.2. The Morgan fingerprint density at radius 3 is 2.50 bits per heavy atom. The lowest BCUT2D eigenvalue weighted by atomic mass is 9.92. The van der Waals surface area contributed by atoms with Crippen molar-refractivity contribution in [3.63, 3.8) is 0 Å². The third kappa shape index (κ3) is 3.35. The van der Waals surface area contributed by atoms with E-state index in [1.54, 1.807) is 26.4 Å². The van der Waals surface area contributed by atoms with Crippen molar-refractivity contribution >= 4 is 21.4 Å². The number of thiophene rings is 1. The number of hydrogen-bond acceptors (Lipinski definition) is 6. The van der Waals surface area contributed by atoms with Gasteiger partial charge in [0.2, 0.25) is 10.0 Å². The molecule has 4 rings (SSSR count). The minimum atomic E-state index is -3.91. The van der Waals surface area contributed by atoms with Gasteiger partial charge < -0.3 is 9.47 Å². The molecule has 1 atom stereocenters. The van der Waals surface area contributed by atoms with Crippen LogP contribution in [-0.2, 0) is 16.4 Å². The summed E-state index contributed by atoms with van der Waals surface area (Å²) in [7, 11) is -0.769. The van der Waals surface area contributed by atoms with E-state index in [0.717, 1.165) is 16.0 Å². The van der Waals surface area contributed by atoms with Gasteiger partial charge in [0.1, 0.15) is 6.07 Å². The smallest absolute Gasteiger partial charge is 0.245 e. The largest absolute Gasteiger partial charge is 0.493 e. The normalized spacial score (nSPS) is 16.5. The third-order valence-electron chi connectivity index (χ3n) is 5.24. The number of hydrogen-bond donors (Lipinski definition) is 0. The molecule has 1 aliphatic rings. The Morgan fingerprint density at radius 2 is 1.83 bits per heavy atom. The summed E-state index contributed by atoms with van der Waals surface area (Å²) in [6.45, 7) is 0.299. The first kappa shape index (κ1) is 20.4. The van der Waals surface area contributed by atoms with Crippen molar-refractivity contribution in [3.8, 4) is 17.6 Å². The highest BCUT2D eigenvalue weighted by atomic mass is 32.2. The lowest BCUT2D eigenvalue weighted by Gasteiger charge is -2.36. The fourth-order valence-corrected chi connectivity index (χ4v) is 6.49. The van der Waals surface area contributed by atoms with Crippen LogP contribution in [0.25, 0.3) is 0 Å². The lowest BCUT2D eigenvalue weighted by Crippen LogP contribution is -2.40. The number of benzene rings is 2. The van der Waals surface area contributed by atoms with Gasteiger partial charge in [-0.2, -0.15) is 9.57 Å². The molecule has 1 aromatic heterocycles. The molecular formula is C22H20N2O4S2. The molecule has 0 spiro atoms. The van der Waals surface area contributed by atoms with Crippen LogP contribution in [0.4, 0.5) is 0 Å². The molecule has 0 fully saturated rings. The van der Waals surface area contributed by atoms with Crippen LogP contribution in [0.3, 0.4) is 0 Å². The molecule has 0 saturated heterocycles. The highest BCUT2D eigenvalue weighted by Gasteiger charge is 2.39. The van der Waals surface area contributed by atoms with E-state index in [1.807, 2.05) is 35.7 Å². The van der Waals surface area contributed by atoms with Crippen molar-refractivity contribution in [2.45, 2.75) is 17.4 Å². The predicted octanol–water partition coefficient (Wildman–Crippen LogP) is 3.97. The molecule has 0 amide bonds. The number of nitriles is 1. The number of sulfonamides is 1. The van der Waals surface area contributed by atoms with E-state index in [9.17, 15) is 13.7 Å². The second-order valence-corrected chi connectivity index (χ2v) is 9.64. The summed E-state index contributed by atoms with van der Waals surface area (Å²) in [6.07, 6.45) is 0.533. The minimum absolute atomic E-state index is 0.0259. The van der Waals surface area contributed by atoms with E-state index in [1.165, 1.54) is 27.8 Å². The summed E-state index contributed by atoms with van der Waals surface area (Å²) in [4.78, 5) is 0.930. The maximum absolute atomic E-state index is 13.7. The van der Waals surface area contributed by atoms with E-state index in [4.69, 9.17) is 9.47 Å². The Kier molecular flexibility index (Phi) is 5.52. The first-order chi connectivity index (χ1) is 14.5. The van der Waals surface area contributed by atoms with Gasteiger partial charge in [0.05, 0.1) is 30.7 Å². The first-order valence-electron chi connectivity index (χ1n) is 9.30. The fourth-order valence-electron chi connectivity index (χ4n) is 3.83. The second kappa shape index (κ2) is 8.11. The van der Waals surface area contributed by atoms with Crippen molar-refractivity contribution in [3.05, 3.63) is 75.5 Å². The summed E-state index contributed by atoms with van der Waals surface area (Å²) in [5, 5.41) is 11.4. The summed E-state index contributed by atoms with van der Waals surface area (Å²) >= 11 is 1.50. The zero-order valence-electron chi connectivity index (χ0n) is 16.5. The average Bonchev–Trinajstić information content (AvgIpc) is 3.31.